The van der Waals surface area contributed by atoms with Gasteiger partial charge < -0.3 is 0 Å². The number of hydrogen-bond acceptors (Lipinski definition) is 5. The Labute approximate surface area is 166 Å². The maximum atomic E-state index is 5.88. The van der Waals surface area contributed by atoms with Crippen LogP contribution in [0.5, 0.6) is 0 Å². The van der Waals surface area contributed by atoms with E-state index >= 15 is 0 Å². The summed E-state index contributed by atoms with van der Waals surface area (Å²) >= 11 is 7.38. The molecule has 2 aromatic heterocycles. The summed E-state index contributed by atoms with van der Waals surface area (Å²) in [5.41, 5.74) is 7.89. The van der Waals surface area contributed by atoms with Crippen LogP contribution in [-0.4, -0.2) is 21.0 Å². The molecule has 0 saturated carbocycles. The fourth-order valence-corrected chi connectivity index (χ4v) is 3.44. The Hall–Kier alpha value is -2.96. The van der Waals surface area contributed by atoms with Gasteiger partial charge in [-0.25, -0.2) is 9.67 Å². The highest BCUT2D eigenvalue weighted by atomic mass is 35.5. The summed E-state index contributed by atoms with van der Waals surface area (Å²) in [6.45, 7) is 2.04. The third-order valence-electron chi connectivity index (χ3n) is 4.03. The molecular formula is C20H16ClN5S. The van der Waals surface area contributed by atoms with E-state index in [0.717, 1.165) is 33.3 Å². The summed E-state index contributed by atoms with van der Waals surface area (Å²) in [6.07, 6.45) is 3.58. The Bertz CT molecular complexity index is 1070. The summed E-state index contributed by atoms with van der Waals surface area (Å²) in [6, 6.07) is 17.5. The molecule has 0 aliphatic carbocycles. The number of anilines is 1. The quantitative estimate of drug-likeness (QED) is 0.364. The fourth-order valence-electron chi connectivity index (χ4n) is 2.65. The molecule has 2 aromatic carbocycles. The van der Waals surface area contributed by atoms with Gasteiger partial charge in [0.05, 0.1) is 29.5 Å². The van der Waals surface area contributed by atoms with Gasteiger partial charge in [-0.2, -0.15) is 10.2 Å². The predicted molar refractivity (Wildman–Crippen MR) is 112 cm³/mol. The lowest BCUT2D eigenvalue weighted by atomic mass is 10.2. The molecule has 0 unspecified atom stereocenters. The number of nitrogens with one attached hydrogen (secondary N) is 1. The highest BCUT2D eigenvalue weighted by Crippen LogP contribution is 2.28. The van der Waals surface area contributed by atoms with Crippen LogP contribution < -0.4 is 5.43 Å². The number of aromatic nitrogens is 3. The van der Waals surface area contributed by atoms with Gasteiger partial charge >= 0.3 is 0 Å². The molecule has 4 aromatic rings. The van der Waals surface area contributed by atoms with Crippen molar-refractivity contribution in [1.82, 2.24) is 14.8 Å². The van der Waals surface area contributed by atoms with Crippen LogP contribution >= 0.6 is 22.9 Å². The van der Waals surface area contributed by atoms with Gasteiger partial charge in [0.2, 0.25) is 5.13 Å². The molecule has 0 aliphatic rings. The molecule has 0 radical (unpaired) electrons. The van der Waals surface area contributed by atoms with Crippen molar-refractivity contribution in [1.29, 1.82) is 0 Å². The number of halogens is 1. The maximum absolute atomic E-state index is 5.88. The standard InChI is InChI=1S/C20H16ClN5S/c1-14-18(12-23-26(14)17-5-3-2-4-6-17)19-13-27-20(24-19)25-22-11-15-7-9-16(21)10-8-15/h2-13H,1H3,(H,24,25)/b22-11+. The van der Waals surface area contributed by atoms with E-state index in [1.807, 2.05) is 77.8 Å². The third kappa shape index (κ3) is 3.92. The van der Waals surface area contributed by atoms with Gasteiger partial charge in [-0.3, -0.25) is 5.43 Å². The molecule has 5 nitrogen and oxygen atoms in total. The van der Waals surface area contributed by atoms with Gasteiger partial charge in [0.15, 0.2) is 0 Å². The minimum atomic E-state index is 0.705. The largest absolute Gasteiger partial charge is 0.253 e. The van der Waals surface area contributed by atoms with Crippen molar-refractivity contribution < 1.29 is 0 Å². The van der Waals surface area contributed by atoms with Gasteiger partial charge in [-0.15, -0.1) is 11.3 Å². The molecule has 0 amide bonds. The Kier molecular flexibility index (Phi) is 5.00. The van der Waals surface area contributed by atoms with Crippen LogP contribution in [-0.2, 0) is 0 Å². The van der Waals surface area contributed by atoms with Crippen molar-refractivity contribution in [3.63, 3.8) is 0 Å². The lowest BCUT2D eigenvalue weighted by molar-refractivity contribution is 0.847. The molecule has 0 aliphatic heterocycles. The second kappa shape index (κ2) is 7.73. The first-order chi connectivity index (χ1) is 13.2. The number of benzene rings is 2. The monoisotopic (exact) mass is 393 g/mol. The van der Waals surface area contributed by atoms with Crippen LogP contribution in [0.4, 0.5) is 5.13 Å². The van der Waals surface area contributed by atoms with Gasteiger partial charge in [-0.1, -0.05) is 41.9 Å². The number of nitrogens with zero attached hydrogens (tertiary/aromatic N) is 4. The van der Waals surface area contributed by atoms with E-state index in [1.54, 1.807) is 6.21 Å². The van der Waals surface area contributed by atoms with E-state index in [9.17, 15) is 0 Å². The number of thiazole rings is 1. The lowest BCUT2D eigenvalue weighted by Crippen LogP contribution is -1.98. The molecule has 0 bridgehead atoms. The van der Waals surface area contributed by atoms with Gasteiger partial charge in [-0.05, 0) is 36.8 Å². The van der Waals surface area contributed by atoms with Crippen molar-refractivity contribution in [2.75, 3.05) is 5.43 Å². The molecule has 0 atom stereocenters. The molecule has 7 heteroatoms. The van der Waals surface area contributed by atoms with Crippen LogP contribution in [0.15, 0.2) is 71.3 Å². The average molecular weight is 394 g/mol. The summed E-state index contributed by atoms with van der Waals surface area (Å²) in [5, 5.41) is 12.2. The van der Waals surface area contributed by atoms with Crippen LogP contribution in [0, 0.1) is 6.92 Å². The maximum Gasteiger partial charge on any atom is 0.203 e. The summed E-state index contributed by atoms with van der Waals surface area (Å²) in [5.74, 6) is 0. The first-order valence-electron chi connectivity index (χ1n) is 8.31. The van der Waals surface area contributed by atoms with E-state index in [1.165, 1.54) is 11.3 Å². The molecule has 0 fully saturated rings. The van der Waals surface area contributed by atoms with E-state index in [4.69, 9.17) is 11.6 Å². The van der Waals surface area contributed by atoms with Crippen LogP contribution in [0.2, 0.25) is 5.02 Å². The Morgan fingerprint density at radius 2 is 1.89 bits per heavy atom. The van der Waals surface area contributed by atoms with Crippen molar-refractivity contribution in [2.24, 2.45) is 5.10 Å². The number of hydrogen-bond donors (Lipinski definition) is 1. The second-order valence-electron chi connectivity index (χ2n) is 5.85. The van der Waals surface area contributed by atoms with E-state index in [0.29, 0.717) is 5.02 Å². The molecule has 0 spiro atoms. The van der Waals surface area contributed by atoms with Crippen molar-refractivity contribution in [3.8, 4) is 16.9 Å². The topological polar surface area (TPSA) is 55.1 Å². The zero-order valence-electron chi connectivity index (χ0n) is 14.5. The molecule has 27 heavy (non-hydrogen) atoms. The van der Waals surface area contributed by atoms with Gasteiger partial charge in [0.25, 0.3) is 0 Å². The Morgan fingerprint density at radius 3 is 2.67 bits per heavy atom. The average Bonchev–Trinajstić information content (AvgIpc) is 3.30. The van der Waals surface area contributed by atoms with Crippen LogP contribution in [0.3, 0.4) is 0 Å². The van der Waals surface area contributed by atoms with E-state index in [2.05, 4.69) is 20.6 Å². The molecule has 2 heterocycles. The normalized spacial score (nSPS) is 11.2. The lowest BCUT2D eigenvalue weighted by Gasteiger charge is -2.04. The second-order valence-corrected chi connectivity index (χ2v) is 7.14. The van der Waals surface area contributed by atoms with Gasteiger partial charge in [0, 0.05) is 16.0 Å². The van der Waals surface area contributed by atoms with Crippen LogP contribution in [0.1, 0.15) is 11.3 Å². The highest BCUT2D eigenvalue weighted by molar-refractivity contribution is 7.14. The Balaban J connectivity index is 1.50. The zero-order chi connectivity index (χ0) is 18.6. The van der Waals surface area contributed by atoms with Crippen LogP contribution in [0.25, 0.3) is 16.9 Å². The zero-order valence-corrected chi connectivity index (χ0v) is 16.1. The molecule has 4 rings (SSSR count). The summed E-state index contributed by atoms with van der Waals surface area (Å²) < 4.78 is 1.92. The molecule has 1 N–H and O–H groups in total. The molecular weight excluding hydrogens is 378 g/mol. The number of rotatable bonds is 5. The van der Waals surface area contributed by atoms with Crippen molar-refractivity contribution >= 4 is 34.3 Å². The minimum Gasteiger partial charge on any atom is -0.253 e. The number of para-hydroxylation sites is 1. The SMILES string of the molecule is Cc1c(-c2csc(N/N=C/c3ccc(Cl)cc3)n2)cnn1-c1ccccc1. The van der Waals surface area contributed by atoms with Gasteiger partial charge in [0.1, 0.15) is 0 Å². The van der Waals surface area contributed by atoms with Crippen molar-refractivity contribution in [3.05, 3.63) is 82.5 Å². The Morgan fingerprint density at radius 1 is 1.11 bits per heavy atom. The third-order valence-corrected chi connectivity index (χ3v) is 5.03. The number of hydrazone groups is 1. The van der Waals surface area contributed by atoms with E-state index in [-0.39, 0.29) is 0 Å². The highest BCUT2D eigenvalue weighted by Gasteiger charge is 2.12. The van der Waals surface area contributed by atoms with Crippen molar-refractivity contribution in [2.45, 2.75) is 6.92 Å². The smallest absolute Gasteiger partial charge is 0.203 e. The summed E-state index contributed by atoms with van der Waals surface area (Å²) in [7, 11) is 0. The van der Waals surface area contributed by atoms with E-state index < -0.39 is 0 Å². The summed E-state index contributed by atoms with van der Waals surface area (Å²) in [4.78, 5) is 4.61. The molecule has 0 saturated heterocycles. The molecule has 134 valence electrons. The first kappa shape index (κ1) is 17.5. The predicted octanol–water partition coefficient (Wildman–Crippen LogP) is 5.40. The fraction of sp³-hybridized carbons (Fsp3) is 0.0500. The minimum absolute atomic E-state index is 0.705. The first-order valence-corrected chi connectivity index (χ1v) is 9.57.